The number of anilines is 2. The summed E-state index contributed by atoms with van der Waals surface area (Å²) in [6, 6.07) is 9.89. The monoisotopic (exact) mass is 559 g/mol. The van der Waals surface area contributed by atoms with Crippen LogP contribution in [0, 0.1) is 5.82 Å². The second-order valence-corrected chi connectivity index (χ2v) is 11.4. The molecule has 1 aliphatic rings. The van der Waals surface area contributed by atoms with Gasteiger partial charge in [0.2, 0.25) is 5.95 Å². The van der Waals surface area contributed by atoms with Gasteiger partial charge in [-0.15, -0.1) is 0 Å². The van der Waals surface area contributed by atoms with Crippen molar-refractivity contribution in [2.45, 2.75) is 42.7 Å². The summed E-state index contributed by atoms with van der Waals surface area (Å²) in [5, 5.41) is 3.12. The number of halogens is 2. The van der Waals surface area contributed by atoms with Gasteiger partial charge in [0.25, 0.3) is 10.0 Å². The zero-order valence-electron chi connectivity index (χ0n) is 21.5. The molecular weight excluding hydrogens is 529 g/mol. The number of sulfonamides is 1. The van der Waals surface area contributed by atoms with Crippen LogP contribution in [0.5, 0.6) is 5.75 Å². The molecule has 8 nitrogen and oxygen atoms in total. The molecule has 11 heteroatoms. The van der Waals surface area contributed by atoms with Crippen molar-refractivity contribution in [3.63, 3.8) is 0 Å². The van der Waals surface area contributed by atoms with Gasteiger partial charge in [0.1, 0.15) is 5.75 Å². The molecule has 4 rings (SSSR count). The molecule has 1 fully saturated rings. The molecule has 0 bridgehead atoms. The first kappa shape index (κ1) is 27.8. The van der Waals surface area contributed by atoms with Crippen LogP contribution in [0.1, 0.15) is 36.8 Å². The van der Waals surface area contributed by atoms with Crippen LogP contribution in [0.15, 0.2) is 53.7 Å². The molecule has 0 spiro atoms. The lowest BCUT2D eigenvalue weighted by Crippen LogP contribution is -2.36. The summed E-state index contributed by atoms with van der Waals surface area (Å²) in [6.07, 6.45) is 11.0. The summed E-state index contributed by atoms with van der Waals surface area (Å²) in [5.41, 5.74) is 0.625. The summed E-state index contributed by atoms with van der Waals surface area (Å²) in [4.78, 5) is 11.1. The fourth-order valence-corrected chi connectivity index (χ4v) is 5.75. The SMILES string of the molecule is COc1cc(NS(=O)(=O)c2ccccc2)c(F)c(Cl)c1/C=C/c1cnc(NC2CCC(N(C)C)CC2)nc1. The second-order valence-electron chi connectivity index (χ2n) is 9.37. The lowest BCUT2D eigenvalue weighted by atomic mass is 9.91. The van der Waals surface area contributed by atoms with E-state index < -0.39 is 15.8 Å². The Balaban J connectivity index is 1.47. The first-order valence-electron chi connectivity index (χ1n) is 12.2. The Morgan fingerprint density at radius 2 is 1.74 bits per heavy atom. The van der Waals surface area contributed by atoms with Crippen molar-refractivity contribution in [2.24, 2.45) is 0 Å². The van der Waals surface area contributed by atoms with Crippen molar-refractivity contribution in [3.8, 4) is 5.75 Å². The number of hydrogen-bond acceptors (Lipinski definition) is 7. The number of methoxy groups -OCH3 is 1. The molecule has 0 saturated heterocycles. The van der Waals surface area contributed by atoms with Gasteiger partial charge in [-0.1, -0.05) is 35.9 Å². The predicted molar refractivity (Wildman–Crippen MR) is 150 cm³/mol. The quantitative estimate of drug-likeness (QED) is 0.355. The summed E-state index contributed by atoms with van der Waals surface area (Å²) >= 11 is 6.30. The number of nitrogens with one attached hydrogen (secondary N) is 2. The summed E-state index contributed by atoms with van der Waals surface area (Å²) in [7, 11) is 1.62. The van der Waals surface area contributed by atoms with E-state index in [1.807, 2.05) is 0 Å². The van der Waals surface area contributed by atoms with Gasteiger partial charge in [-0.3, -0.25) is 4.72 Å². The van der Waals surface area contributed by atoms with Crippen LogP contribution in [0.25, 0.3) is 12.2 Å². The molecule has 2 aromatic carbocycles. The Labute approximate surface area is 228 Å². The number of hydrogen-bond donors (Lipinski definition) is 2. The Bertz CT molecular complexity index is 1380. The van der Waals surface area contributed by atoms with Gasteiger partial charge in [-0.2, -0.15) is 0 Å². The lowest BCUT2D eigenvalue weighted by Gasteiger charge is -2.32. The maximum absolute atomic E-state index is 15.1. The Morgan fingerprint density at radius 3 is 2.34 bits per heavy atom. The van der Waals surface area contributed by atoms with Crippen molar-refractivity contribution < 1.29 is 17.5 Å². The van der Waals surface area contributed by atoms with Crippen LogP contribution >= 0.6 is 11.6 Å². The van der Waals surface area contributed by atoms with Gasteiger partial charge < -0.3 is 15.0 Å². The van der Waals surface area contributed by atoms with E-state index >= 15 is 4.39 Å². The molecule has 38 heavy (non-hydrogen) atoms. The van der Waals surface area contributed by atoms with E-state index in [9.17, 15) is 8.42 Å². The van der Waals surface area contributed by atoms with Gasteiger partial charge in [0.15, 0.2) is 5.82 Å². The van der Waals surface area contributed by atoms with Crippen molar-refractivity contribution in [1.29, 1.82) is 0 Å². The first-order chi connectivity index (χ1) is 18.2. The fraction of sp³-hybridized carbons (Fsp3) is 0.333. The van der Waals surface area contributed by atoms with E-state index in [0.29, 0.717) is 23.6 Å². The Morgan fingerprint density at radius 1 is 1.08 bits per heavy atom. The molecule has 1 saturated carbocycles. The Kier molecular flexibility index (Phi) is 8.86. The standard InChI is InChI=1S/C27H31ClFN5O3S/c1-34(2)20-12-10-19(11-13-20)32-27-30-16-18(17-31-27)9-14-22-24(37-3)15-23(26(29)25(22)28)33-38(35,36)21-7-5-4-6-8-21/h4-9,14-17,19-20,33H,10-13H2,1-3H3,(H,30,31,32)/b14-9+. The maximum Gasteiger partial charge on any atom is 0.261 e. The van der Waals surface area contributed by atoms with Crippen molar-refractivity contribution >= 4 is 45.4 Å². The highest BCUT2D eigenvalue weighted by atomic mass is 35.5. The van der Waals surface area contributed by atoms with Crippen LogP contribution in [-0.4, -0.2) is 56.6 Å². The van der Waals surface area contributed by atoms with E-state index in [0.717, 1.165) is 25.7 Å². The molecule has 2 N–H and O–H groups in total. The minimum absolute atomic E-state index is 0.00218. The smallest absolute Gasteiger partial charge is 0.261 e. The normalized spacial score (nSPS) is 18.1. The molecule has 0 atom stereocenters. The molecule has 1 aromatic heterocycles. The number of nitrogens with zero attached hydrogens (tertiary/aromatic N) is 3. The van der Waals surface area contributed by atoms with E-state index in [-0.39, 0.29) is 26.9 Å². The minimum atomic E-state index is -4.01. The first-order valence-corrected chi connectivity index (χ1v) is 14.1. The van der Waals surface area contributed by atoms with Gasteiger partial charge in [-0.25, -0.2) is 22.8 Å². The van der Waals surface area contributed by atoms with Crippen molar-refractivity contribution in [2.75, 3.05) is 31.2 Å². The summed E-state index contributed by atoms with van der Waals surface area (Å²) in [5.74, 6) is -0.149. The zero-order chi connectivity index (χ0) is 27.3. The highest BCUT2D eigenvalue weighted by molar-refractivity contribution is 7.92. The van der Waals surface area contributed by atoms with Crippen LogP contribution < -0.4 is 14.8 Å². The van der Waals surface area contributed by atoms with Gasteiger partial charge >= 0.3 is 0 Å². The number of ether oxygens (including phenoxy) is 1. The van der Waals surface area contributed by atoms with Gasteiger partial charge in [-0.05, 0) is 58.0 Å². The predicted octanol–water partition coefficient (Wildman–Crippen LogP) is 5.53. The third-order valence-corrected chi connectivity index (χ3v) is 8.35. The largest absolute Gasteiger partial charge is 0.496 e. The third kappa shape index (κ3) is 6.61. The van der Waals surface area contributed by atoms with E-state index in [4.69, 9.17) is 16.3 Å². The van der Waals surface area contributed by atoms with Crippen molar-refractivity contribution in [3.05, 3.63) is 70.8 Å². The number of rotatable bonds is 9. The third-order valence-electron chi connectivity index (χ3n) is 6.60. The van der Waals surface area contributed by atoms with Crippen LogP contribution in [0.2, 0.25) is 5.02 Å². The zero-order valence-corrected chi connectivity index (χ0v) is 23.1. The van der Waals surface area contributed by atoms with Crippen LogP contribution in [0.4, 0.5) is 16.0 Å². The van der Waals surface area contributed by atoms with Crippen LogP contribution in [0.3, 0.4) is 0 Å². The molecule has 0 unspecified atom stereocenters. The Hall–Kier alpha value is -3.21. The molecule has 0 aliphatic heterocycles. The summed E-state index contributed by atoms with van der Waals surface area (Å²) < 4.78 is 48.0. The average molecular weight is 560 g/mol. The average Bonchev–Trinajstić information content (AvgIpc) is 2.92. The van der Waals surface area contributed by atoms with E-state index in [1.165, 1.54) is 25.3 Å². The number of benzene rings is 2. The molecule has 0 amide bonds. The highest BCUT2D eigenvalue weighted by Gasteiger charge is 2.23. The van der Waals surface area contributed by atoms with Crippen molar-refractivity contribution in [1.82, 2.24) is 14.9 Å². The molecule has 1 aliphatic carbocycles. The fourth-order valence-electron chi connectivity index (χ4n) is 4.42. The summed E-state index contributed by atoms with van der Waals surface area (Å²) in [6.45, 7) is 0. The molecule has 1 heterocycles. The van der Waals surface area contributed by atoms with Gasteiger partial charge in [0.05, 0.1) is 22.7 Å². The minimum Gasteiger partial charge on any atom is -0.496 e. The second kappa shape index (κ2) is 12.1. The van der Waals surface area contributed by atoms with E-state index in [2.05, 4.69) is 39.0 Å². The topological polar surface area (TPSA) is 96.4 Å². The molecule has 202 valence electrons. The van der Waals surface area contributed by atoms with E-state index in [1.54, 1.807) is 42.7 Å². The molecule has 3 aromatic rings. The molecule has 0 radical (unpaired) electrons. The number of aromatic nitrogens is 2. The van der Waals surface area contributed by atoms with Crippen LogP contribution in [-0.2, 0) is 10.0 Å². The maximum atomic E-state index is 15.1. The highest BCUT2D eigenvalue weighted by Crippen LogP contribution is 2.37. The van der Waals surface area contributed by atoms with Gasteiger partial charge in [0, 0.05) is 41.7 Å². The molecular formula is C27H31ClFN5O3S. The lowest BCUT2D eigenvalue weighted by molar-refractivity contribution is 0.221.